The van der Waals surface area contributed by atoms with Crippen molar-refractivity contribution in [2.45, 2.75) is 20.0 Å². The molecule has 2 N–H and O–H groups in total. The maximum Gasteiger partial charge on any atom is 0.191 e. The highest BCUT2D eigenvalue weighted by Crippen LogP contribution is 2.17. The predicted molar refractivity (Wildman–Crippen MR) is 115 cm³/mol. The smallest absolute Gasteiger partial charge is 0.191 e. The zero-order valence-corrected chi connectivity index (χ0v) is 17.3. The van der Waals surface area contributed by atoms with E-state index in [0.29, 0.717) is 19.7 Å². The summed E-state index contributed by atoms with van der Waals surface area (Å²) < 4.78 is 11.5. The maximum atomic E-state index is 6.07. The van der Waals surface area contributed by atoms with Gasteiger partial charge in [0.05, 0.1) is 19.8 Å². The van der Waals surface area contributed by atoms with Crippen molar-refractivity contribution < 1.29 is 9.47 Å². The van der Waals surface area contributed by atoms with Crippen molar-refractivity contribution in [3.63, 3.8) is 0 Å². The first kappa shape index (κ1) is 20.6. The third-order valence-corrected chi connectivity index (χ3v) is 5.26. The molecule has 1 saturated heterocycles. The molecule has 2 heterocycles. The summed E-state index contributed by atoms with van der Waals surface area (Å²) in [7, 11) is 0. The van der Waals surface area contributed by atoms with E-state index in [-0.39, 0.29) is 0 Å². The fourth-order valence-corrected chi connectivity index (χ4v) is 3.63. The number of para-hydroxylation sites is 1. The maximum absolute atomic E-state index is 6.07. The Bertz CT molecular complexity index is 715. The number of hydrogen-bond donors (Lipinski definition) is 2. The van der Waals surface area contributed by atoms with Gasteiger partial charge in [0, 0.05) is 38.3 Å². The Morgan fingerprint density at radius 2 is 2.07 bits per heavy atom. The van der Waals surface area contributed by atoms with Gasteiger partial charge in [-0.1, -0.05) is 18.2 Å². The zero-order valence-electron chi connectivity index (χ0n) is 16.5. The zero-order chi connectivity index (χ0) is 19.4. The van der Waals surface area contributed by atoms with Crippen LogP contribution in [0.15, 0.2) is 46.1 Å². The van der Waals surface area contributed by atoms with E-state index in [1.54, 1.807) is 11.3 Å². The third kappa shape index (κ3) is 6.82. The van der Waals surface area contributed by atoms with Crippen molar-refractivity contribution in [2.75, 3.05) is 46.0 Å². The third-order valence-electron chi connectivity index (χ3n) is 4.53. The minimum absolute atomic E-state index is 0.670. The molecule has 0 saturated carbocycles. The molecule has 1 aliphatic rings. The number of ether oxygens (including phenoxy) is 2. The SMILES string of the molecule is CCNC(=NCc1ccsc1)NCc1ccccc1OCCN1CCOCC1. The Balaban J connectivity index is 1.51. The minimum Gasteiger partial charge on any atom is -0.492 e. The van der Waals surface area contributed by atoms with Crippen LogP contribution in [0.4, 0.5) is 0 Å². The highest BCUT2D eigenvalue weighted by atomic mass is 32.1. The van der Waals surface area contributed by atoms with Crippen molar-refractivity contribution in [1.29, 1.82) is 0 Å². The molecule has 1 aromatic heterocycles. The summed E-state index contributed by atoms with van der Waals surface area (Å²) in [6.45, 7) is 9.46. The Hall–Kier alpha value is -2.09. The average molecular weight is 403 g/mol. The quantitative estimate of drug-likeness (QED) is 0.499. The summed E-state index contributed by atoms with van der Waals surface area (Å²) in [6.07, 6.45) is 0. The van der Waals surface area contributed by atoms with Crippen molar-refractivity contribution in [1.82, 2.24) is 15.5 Å². The van der Waals surface area contributed by atoms with Crippen LogP contribution in [0.1, 0.15) is 18.1 Å². The molecule has 7 heteroatoms. The summed E-state index contributed by atoms with van der Waals surface area (Å²) in [5.41, 5.74) is 2.36. The lowest BCUT2D eigenvalue weighted by atomic mass is 10.2. The van der Waals surface area contributed by atoms with Gasteiger partial charge >= 0.3 is 0 Å². The van der Waals surface area contributed by atoms with Gasteiger partial charge < -0.3 is 20.1 Å². The molecule has 152 valence electrons. The first-order valence-electron chi connectivity index (χ1n) is 9.89. The Morgan fingerprint density at radius 1 is 1.21 bits per heavy atom. The minimum atomic E-state index is 0.670. The highest BCUT2D eigenvalue weighted by molar-refractivity contribution is 7.07. The number of benzene rings is 1. The molecule has 1 fully saturated rings. The molecular weight excluding hydrogens is 372 g/mol. The van der Waals surface area contributed by atoms with Crippen molar-refractivity contribution >= 4 is 17.3 Å². The largest absolute Gasteiger partial charge is 0.492 e. The number of rotatable bonds is 9. The van der Waals surface area contributed by atoms with Crippen LogP contribution >= 0.6 is 11.3 Å². The van der Waals surface area contributed by atoms with Crippen LogP contribution in [-0.2, 0) is 17.8 Å². The summed E-state index contributed by atoms with van der Waals surface area (Å²) in [6, 6.07) is 10.3. The van der Waals surface area contributed by atoms with E-state index in [9.17, 15) is 0 Å². The van der Waals surface area contributed by atoms with E-state index in [0.717, 1.165) is 56.7 Å². The van der Waals surface area contributed by atoms with Gasteiger partial charge in [0.2, 0.25) is 0 Å². The number of nitrogens with one attached hydrogen (secondary N) is 2. The molecule has 1 aliphatic heterocycles. The molecule has 0 bridgehead atoms. The number of aliphatic imine (C=N–C) groups is 1. The number of guanidine groups is 1. The summed E-state index contributed by atoms with van der Waals surface area (Å²) >= 11 is 1.70. The lowest BCUT2D eigenvalue weighted by Gasteiger charge is -2.26. The van der Waals surface area contributed by atoms with E-state index in [2.05, 4.69) is 50.3 Å². The normalized spacial score (nSPS) is 15.4. The van der Waals surface area contributed by atoms with Crippen molar-refractivity contribution in [2.24, 2.45) is 4.99 Å². The van der Waals surface area contributed by atoms with Crippen LogP contribution < -0.4 is 15.4 Å². The lowest BCUT2D eigenvalue weighted by Crippen LogP contribution is -2.38. The molecule has 0 amide bonds. The fourth-order valence-electron chi connectivity index (χ4n) is 2.97. The monoisotopic (exact) mass is 402 g/mol. The van der Waals surface area contributed by atoms with Crippen LogP contribution in [0.25, 0.3) is 0 Å². The first-order chi connectivity index (χ1) is 13.8. The molecule has 6 nitrogen and oxygen atoms in total. The van der Waals surface area contributed by atoms with Crippen LogP contribution in [0.3, 0.4) is 0 Å². The summed E-state index contributed by atoms with van der Waals surface area (Å²) in [5.74, 6) is 1.74. The van der Waals surface area contributed by atoms with Crippen LogP contribution in [0, 0.1) is 0 Å². The van der Waals surface area contributed by atoms with Gasteiger partial charge in [-0.25, -0.2) is 4.99 Å². The second-order valence-corrected chi connectivity index (χ2v) is 7.37. The number of morpholine rings is 1. The van der Waals surface area contributed by atoms with Crippen molar-refractivity contribution in [3.05, 3.63) is 52.2 Å². The van der Waals surface area contributed by atoms with Gasteiger partial charge in [0.15, 0.2) is 5.96 Å². The average Bonchev–Trinajstić information content (AvgIpc) is 3.25. The molecule has 0 radical (unpaired) electrons. The van der Waals surface area contributed by atoms with Gasteiger partial charge in [-0.15, -0.1) is 0 Å². The highest BCUT2D eigenvalue weighted by Gasteiger charge is 2.10. The molecule has 0 unspecified atom stereocenters. The molecule has 0 aliphatic carbocycles. The van der Waals surface area contributed by atoms with E-state index in [4.69, 9.17) is 9.47 Å². The van der Waals surface area contributed by atoms with Gasteiger partial charge in [0.1, 0.15) is 12.4 Å². The van der Waals surface area contributed by atoms with Gasteiger partial charge in [-0.2, -0.15) is 11.3 Å². The lowest BCUT2D eigenvalue weighted by molar-refractivity contribution is 0.0322. The topological polar surface area (TPSA) is 58.1 Å². The molecule has 2 aromatic rings. The molecule has 28 heavy (non-hydrogen) atoms. The second-order valence-electron chi connectivity index (χ2n) is 6.59. The van der Waals surface area contributed by atoms with E-state index < -0.39 is 0 Å². The van der Waals surface area contributed by atoms with Crippen LogP contribution in [0.2, 0.25) is 0 Å². The molecule has 3 rings (SSSR count). The molecule has 0 spiro atoms. The first-order valence-corrected chi connectivity index (χ1v) is 10.8. The van der Waals surface area contributed by atoms with Crippen molar-refractivity contribution in [3.8, 4) is 5.75 Å². The van der Waals surface area contributed by atoms with Crippen LogP contribution in [-0.4, -0.2) is 56.9 Å². The Kier molecular flexibility index (Phi) is 8.61. The molecule has 1 aromatic carbocycles. The summed E-state index contributed by atoms with van der Waals surface area (Å²) in [5, 5.41) is 10.9. The standard InChI is InChI=1S/C21H30N4O2S/c1-2-22-21(23-15-18-7-14-28-17-18)24-16-19-5-3-4-6-20(19)27-13-10-25-8-11-26-12-9-25/h3-7,14,17H,2,8-13,15-16H2,1H3,(H2,22,23,24). The Labute approximate surface area is 171 Å². The number of hydrogen-bond acceptors (Lipinski definition) is 5. The molecule has 0 atom stereocenters. The van der Waals surface area contributed by atoms with Gasteiger partial charge in [0.25, 0.3) is 0 Å². The van der Waals surface area contributed by atoms with Crippen LogP contribution in [0.5, 0.6) is 5.75 Å². The van der Waals surface area contributed by atoms with E-state index in [1.165, 1.54) is 5.56 Å². The number of nitrogens with zero attached hydrogens (tertiary/aromatic N) is 2. The van der Waals surface area contributed by atoms with E-state index in [1.807, 2.05) is 18.2 Å². The summed E-state index contributed by atoms with van der Waals surface area (Å²) in [4.78, 5) is 7.05. The van der Waals surface area contributed by atoms with Gasteiger partial charge in [-0.3, -0.25) is 4.90 Å². The molecular formula is C21H30N4O2S. The second kappa shape index (κ2) is 11.7. The fraction of sp³-hybridized carbons (Fsp3) is 0.476. The van der Waals surface area contributed by atoms with Gasteiger partial charge in [-0.05, 0) is 35.4 Å². The Morgan fingerprint density at radius 3 is 2.86 bits per heavy atom. The number of thiophene rings is 1. The van der Waals surface area contributed by atoms with E-state index >= 15 is 0 Å². The predicted octanol–water partition coefficient (Wildman–Crippen LogP) is 2.71.